The molecule has 0 aliphatic rings. The molecule has 0 bridgehead atoms. The molecule has 2 rings (SSSR count). The van der Waals surface area contributed by atoms with Crippen molar-refractivity contribution in [2.75, 3.05) is 6.61 Å². The van der Waals surface area contributed by atoms with Crippen LogP contribution in [0.5, 0.6) is 5.75 Å². The van der Waals surface area contributed by atoms with Crippen LogP contribution < -0.4 is 4.74 Å². The lowest BCUT2D eigenvalue weighted by Gasteiger charge is -2.07. The van der Waals surface area contributed by atoms with E-state index in [4.69, 9.17) is 27.9 Å². The van der Waals surface area contributed by atoms with Gasteiger partial charge in [-0.25, -0.2) is 0 Å². The first-order valence-corrected chi connectivity index (χ1v) is 6.39. The fraction of sp³-hybridized carbons (Fsp3) is 0.133. The van der Waals surface area contributed by atoms with E-state index in [1.54, 1.807) is 12.1 Å². The van der Waals surface area contributed by atoms with Crippen LogP contribution in [0.1, 0.15) is 11.1 Å². The van der Waals surface area contributed by atoms with Gasteiger partial charge in [-0.15, -0.1) is 24.8 Å². The van der Waals surface area contributed by atoms with Crippen molar-refractivity contribution in [1.29, 1.82) is 0 Å². The summed E-state index contributed by atoms with van der Waals surface area (Å²) in [5.41, 5.74) is 2.24. The van der Waals surface area contributed by atoms with Crippen molar-refractivity contribution in [2.24, 2.45) is 0 Å². The Kier molecular flexibility index (Phi) is 9.08. The maximum absolute atomic E-state index is 5.91. The Hall–Kier alpha value is -0.600. The summed E-state index contributed by atoms with van der Waals surface area (Å²) in [7, 11) is 0. The monoisotopic (exact) mass is 351 g/mol. The van der Waals surface area contributed by atoms with E-state index in [1.807, 2.05) is 18.2 Å². The molecule has 0 atom stereocenters. The molecule has 2 aromatic carbocycles. The molecule has 20 heavy (non-hydrogen) atoms. The Labute approximate surface area is 142 Å². The number of benzene rings is 2. The van der Waals surface area contributed by atoms with Gasteiger partial charge in [0, 0.05) is 12.5 Å². The molecule has 0 saturated heterocycles. The average molecular weight is 353 g/mol. The van der Waals surface area contributed by atoms with Crippen molar-refractivity contribution in [3.05, 3.63) is 70.6 Å². The van der Waals surface area contributed by atoms with Gasteiger partial charge >= 0.3 is 0 Å². The van der Waals surface area contributed by atoms with Crippen LogP contribution >= 0.6 is 48.0 Å². The molecule has 109 valence electrons. The third-order valence-corrected chi connectivity index (χ3v) is 3.31. The molecule has 0 spiro atoms. The van der Waals surface area contributed by atoms with Crippen LogP contribution in [0.4, 0.5) is 0 Å². The first-order valence-electron chi connectivity index (χ1n) is 5.64. The molecular formula is C15H15Cl4O. The third-order valence-electron chi connectivity index (χ3n) is 2.57. The van der Waals surface area contributed by atoms with E-state index >= 15 is 0 Å². The largest absolute Gasteiger partial charge is 0.493 e. The minimum atomic E-state index is 0. The Balaban J connectivity index is 0.00000180. The van der Waals surface area contributed by atoms with Crippen molar-refractivity contribution < 1.29 is 4.74 Å². The zero-order chi connectivity index (χ0) is 13.0. The highest BCUT2D eigenvalue weighted by atomic mass is 35.5. The first kappa shape index (κ1) is 19.4. The van der Waals surface area contributed by atoms with E-state index < -0.39 is 0 Å². The molecule has 2 aromatic rings. The predicted octanol–water partition coefficient (Wildman–Crippen LogP) is 5.64. The fourth-order valence-electron chi connectivity index (χ4n) is 1.56. The lowest BCUT2D eigenvalue weighted by Crippen LogP contribution is -2.01. The maximum atomic E-state index is 5.91. The molecule has 0 aromatic heterocycles. The van der Waals surface area contributed by atoms with Gasteiger partial charge in [0.25, 0.3) is 0 Å². The highest BCUT2D eigenvalue weighted by Gasteiger charge is 2.00. The highest BCUT2D eigenvalue weighted by Crippen LogP contribution is 2.26. The zero-order valence-electron chi connectivity index (χ0n) is 10.6. The second kappa shape index (κ2) is 9.36. The quantitative estimate of drug-likeness (QED) is 0.691. The molecule has 1 nitrogen and oxygen atoms in total. The average Bonchev–Trinajstić information content (AvgIpc) is 2.36. The summed E-state index contributed by atoms with van der Waals surface area (Å²) >= 11 is 11.7. The molecule has 1 radical (unpaired) electrons. The van der Waals surface area contributed by atoms with Crippen molar-refractivity contribution in [2.45, 2.75) is 6.42 Å². The van der Waals surface area contributed by atoms with Gasteiger partial charge in [0.15, 0.2) is 0 Å². The van der Waals surface area contributed by atoms with Crippen molar-refractivity contribution in [1.82, 2.24) is 0 Å². The number of hydrogen-bond donors (Lipinski definition) is 0. The second-order valence-corrected chi connectivity index (χ2v) is 4.81. The standard InChI is InChI=1S/C15H13Cl2O.2ClH/c1-11-2-4-12(5-3-11)8-9-18-13-6-7-14(16)15(17)10-13;;/h2-7,10H,1,8-9H2;2*1H. The Bertz CT molecular complexity index is 526. The SMILES string of the molecule is Cl.Cl.[CH2]c1ccc(CCOc2ccc(Cl)c(Cl)c2)cc1. The molecule has 0 aliphatic carbocycles. The molecule has 0 fully saturated rings. The Morgan fingerprint density at radius 1 is 0.900 bits per heavy atom. The van der Waals surface area contributed by atoms with E-state index in [2.05, 4.69) is 19.1 Å². The van der Waals surface area contributed by atoms with Crippen LogP contribution in [0.3, 0.4) is 0 Å². The minimum absolute atomic E-state index is 0. The fourth-order valence-corrected chi connectivity index (χ4v) is 1.85. The lowest BCUT2D eigenvalue weighted by molar-refractivity contribution is 0.322. The molecule has 0 saturated carbocycles. The summed E-state index contributed by atoms with van der Waals surface area (Å²) in [6.07, 6.45) is 0.848. The van der Waals surface area contributed by atoms with E-state index in [0.717, 1.165) is 17.7 Å². The summed E-state index contributed by atoms with van der Waals surface area (Å²) in [6, 6.07) is 13.4. The highest BCUT2D eigenvalue weighted by molar-refractivity contribution is 6.42. The van der Waals surface area contributed by atoms with E-state index in [0.29, 0.717) is 16.7 Å². The van der Waals surface area contributed by atoms with Gasteiger partial charge in [0.05, 0.1) is 16.7 Å². The van der Waals surface area contributed by atoms with Crippen molar-refractivity contribution in [3.8, 4) is 5.75 Å². The summed E-state index contributed by atoms with van der Waals surface area (Å²) in [4.78, 5) is 0. The molecule has 5 heteroatoms. The van der Waals surface area contributed by atoms with Gasteiger partial charge in [-0.2, -0.15) is 0 Å². The van der Waals surface area contributed by atoms with Gasteiger partial charge in [-0.05, 0) is 30.2 Å². The van der Waals surface area contributed by atoms with E-state index in [9.17, 15) is 0 Å². The predicted molar refractivity (Wildman–Crippen MR) is 91.1 cm³/mol. The summed E-state index contributed by atoms with van der Waals surface area (Å²) in [5.74, 6) is 0.734. The van der Waals surface area contributed by atoms with Crippen LogP contribution in [-0.2, 0) is 6.42 Å². The molecular weight excluding hydrogens is 338 g/mol. The maximum Gasteiger partial charge on any atom is 0.120 e. The number of halogens is 4. The van der Waals surface area contributed by atoms with Crippen LogP contribution in [0.25, 0.3) is 0 Å². The number of rotatable bonds is 4. The first-order chi connectivity index (χ1) is 8.65. The molecule has 0 amide bonds. The van der Waals surface area contributed by atoms with Gasteiger partial charge in [-0.3, -0.25) is 0 Å². The minimum Gasteiger partial charge on any atom is -0.493 e. The Morgan fingerprint density at radius 3 is 2.15 bits per heavy atom. The summed E-state index contributed by atoms with van der Waals surface area (Å²) in [6.45, 7) is 4.45. The van der Waals surface area contributed by atoms with Gasteiger partial charge in [0.2, 0.25) is 0 Å². The van der Waals surface area contributed by atoms with Crippen molar-refractivity contribution in [3.63, 3.8) is 0 Å². The second-order valence-electron chi connectivity index (χ2n) is 3.99. The van der Waals surface area contributed by atoms with Gasteiger partial charge in [-0.1, -0.05) is 47.5 Å². The molecule has 0 unspecified atom stereocenters. The van der Waals surface area contributed by atoms with Crippen LogP contribution in [0.2, 0.25) is 10.0 Å². The van der Waals surface area contributed by atoms with Crippen LogP contribution in [-0.4, -0.2) is 6.61 Å². The Morgan fingerprint density at radius 2 is 1.55 bits per heavy atom. The number of ether oxygens (including phenoxy) is 1. The summed E-state index contributed by atoms with van der Waals surface area (Å²) in [5, 5.41) is 1.05. The van der Waals surface area contributed by atoms with Crippen LogP contribution in [0.15, 0.2) is 42.5 Å². The molecule has 0 N–H and O–H groups in total. The van der Waals surface area contributed by atoms with E-state index in [1.165, 1.54) is 5.56 Å². The van der Waals surface area contributed by atoms with Gasteiger partial charge < -0.3 is 4.74 Å². The lowest BCUT2D eigenvalue weighted by atomic mass is 10.1. The number of hydrogen-bond acceptors (Lipinski definition) is 1. The van der Waals surface area contributed by atoms with Crippen molar-refractivity contribution >= 4 is 48.0 Å². The zero-order valence-corrected chi connectivity index (χ0v) is 13.8. The molecule has 0 aliphatic heterocycles. The smallest absolute Gasteiger partial charge is 0.120 e. The summed E-state index contributed by atoms with van der Waals surface area (Å²) < 4.78 is 5.62. The third kappa shape index (κ3) is 5.80. The molecule has 0 heterocycles. The van der Waals surface area contributed by atoms with E-state index in [-0.39, 0.29) is 24.8 Å². The van der Waals surface area contributed by atoms with Crippen LogP contribution in [0, 0.1) is 6.92 Å². The topological polar surface area (TPSA) is 9.23 Å². The normalized spacial score (nSPS) is 9.35. The van der Waals surface area contributed by atoms with Gasteiger partial charge in [0.1, 0.15) is 5.75 Å².